The van der Waals surface area contributed by atoms with E-state index in [1.54, 1.807) is 11.3 Å². The second kappa shape index (κ2) is 7.98. The molecule has 2 heterocycles. The summed E-state index contributed by atoms with van der Waals surface area (Å²) in [6, 6.07) is 0.508. The van der Waals surface area contributed by atoms with E-state index in [4.69, 9.17) is 4.74 Å². The summed E-state index contributed by atoms with van der Waals surface area (Å²) in [5.41, 5.74) is 1.14. The third-order valence-corrected chi connectivity index (χ3v) is 4.58. The zero-order valence-electron chi connectivity index (χ0n) is 12.2. The third-order valence-electron chi connectivity index (χ3n) is 3.59. The van der Waals surface area contributed by atoms with Gasteiger partial charge in [0.15, 0.2) is 0 Å². The van der Waals surface area contributed by atoms with Crippen molar-refractivity contribution in [1.29, 1.82) is 0 Å². The highest BCUT2D eigenvalue weighted by atomic mass is 32.1. The minimum Gasteiger partial charge on any atom is -0.378 e. The van der Waals surface area contributed by atoms with Crippen LogP contribution in [-0.4, -0.2) is 30.3 Å². The maximum Gasteiger partial charge on any atom is 0.0943 e. The summed E-state index contributed by atoms with van der Waals surface area (Å²) in [5.74, 6) is 0. The van der Waals surface area contributed by atoms with E-state index in [0.29, 0.717) is 12.1 Å². The average Bonchev–Trinajstić information content (AvgIpc) is 2.82. The summed E-state index contributed by atoms with van der Waals surface area (Å²) in [6.45, 7) is 6.32. The largest absolute Gasteiger partial charge is 0.378 e. The van der Waals surface area contributed by atoms with Gasteiger partial charge in [-0.1, -0.05) is 6.92 Å². The van der Waals surface area contributed by atoms with Gasteiger partial charge in [-0.2, -0.15) is 0 Å². The Morgan fingerprint density at radius 2 is 2.42 bits per heavy atom. The van der Waals surface area contributed by atoms with Crippen LogP contribution in [0.3, 0.4) is 0 Å². The fourth-order valence-electron chi connectivity index (χ4n) is 2.61. The molecule has 1 aliphatic rings. The van der Waals surface area contributed by atoms with E-state index in [2.05, 4.69) is 29.5 Å². The van der Waals surface area contributed by atoms with Crippen LogP contribution in [-0.2, 0) is 11.2 Å². The van der Waals surface area contributed by atoms with Crippen molar-refractivity contribution < 1.29 is 4.74 Å². The highest BCUT2D eigenvalue weighted by Gasteiger charge is 2.20. The Balaban J connectivity index is 1.86. The predicted octanol–water partition coefficient (Wildman–Crippen LogP) is 3.32. The first kappa shape index (κ1) is 14.9. The number of aromatic nitrogens is 1. The minimum atomic E-state index is 0.448. The van der Waals surface area contributed by atoms with Gasteiger partial charge in [0.2, 0.25) is 0 Å². The van der Waals surface area contributed by atoms with Gasteiger partial charge in [0.05, 0.1) is 11.1 Å². The zero-order valence-corrected chi connectivity index (χ0v) is 13.0. The third kappa shape index (κ3) is 5.21. The van der Waals surface area contributed by atoms with Crippen LogP contribution in [0, 0.1) is 6.92 Å². The number of hydrogen-bond donors (Lipinski definition) is 1. The molecule has 1 aromatic rings. The number of nitrogens with zero attached hydrogens (tertiary/aromatic N) is 1. The number of nitrogens with one attached hydrogen (secondary N) is 1. The van der Waals surface area contributed by atoms with Crippen LogP contribution < -0.4 is 5.32 Å². The van der Waals surface area contributed by atoms with Crippen molar-refractivity contribution in [2.45, 2.75) is 64.5 Å². The normalized spacial score (nSPS) is 21.5. The van der Waals surface area contributed by atoms with Gasteiger partial charge >= 0.3 is 0 Å². The fraction of sp³-hybridized carbons (Fsp3) is 0.800. The molecule has 0 bridgehead atoms. The molecule has 19 heavy (non-hydrogen) atoms. The smallest absolute Gasteiger partial charge is 0.0943 e. The SMILES string of the molecule is CCCNC(Cc1nc(C)cs1)CC1CCCCO1. The lowest BCUT2D eigenvalue weighted by Crippen LogP contribution is -2.36. The highest BCUT2D eigenvalue weighted by Crippen LogP contribution is 2.20. The van der Waals surface area contributed by atoms with Crippen molar-refractivity contribution in [2.24, 2.45) is 0 Å². The molecule has 0 aromatic carbocycles. The van der Waals surface area contributed by atoms with Gasteiger partial charge in [-0.15, -0.1) is 11.3 Å². The molecule has 0 radical (unpaired) electrons. The van der Waals surface area contributed by atoms with Gasteiger partial charge in [0.1, 0.15) is 0 Å². The van der Waals surface area contributed by atoms with Gasteiger partial charge in [0.25, 0.3) is 0 Å². The van der Waals surface area contributed by atoms with E-state index in [1.165, 1.54) is 30.7 Å². The number of rotatable bonds is 7. The number of aryl methyl sites for hydroxylation is 1. The van der Waals surface area contributed by atoms with Gasteiger partial charge in [0, 0.05) is 30.1 Å². The molecule has 2 atom stereocenters. The predicted molar refractivity (Wildman–Crippen MR) is 80.8 cm³/mol. The molecule has 0 spiro atoms. The molecule has 0 saturated carbocycles. The van der Waals surface area contributed by atoms with Gasteiger partial charge < -0.3 is 10.1 Å². The van der Waals surface area contributed by atoms with E-state index >= 15 is 0 Å². The summed E-state index contributed by atoms with van der Waals surface area (Å²) in [7, 11) is 0. The van der Waals surface area contributed by atoms with Crippen LogP contribution in [0.1, 0.15) is 49.7 Å². The topological polar surface area (TPSA) is 34.2 Å². The first-order valence-electron chi connectivity index (χ1n) is 7.54. The molecule has 2 unspecified atom stereocenters. The summed E-state index contributed by atoms with van der Waals surface area (Å²) in [5, 5.41) is 7.06. The monoisotopic (exact) mass is 282 g/mol. The highest BCUT2D eigenvalue weighted by molar-refractivity contribution is 7.09. The molecule has 3 nitrogen and oxygen atoms in total. The maximum atomic E-state index is 5.87. The number of thiazole rings is 1. The van der Waals surface area contributed by atoms with Crippen LogP contribution in [0.4, 0.5) is 0 Å². The van der Waals surface area contributed by atoms with Crippen molar-refractivity contribution >= 4 is 11.3 Å². The molecule has 1 saturated heterocycles. The molecule has 2 rings (SSSR count). The van der Waals surface area contributed by atoms with E-state index in [1.807, 2.05) is 0 Å². The van der Waals surface area contributed by atoms with Crippen LogP contribution in [0.2, 0.25) is 0 Å². The average molecular weight is 282 g/mol. The second-order valence-corrected chi connectivity index (χ2v) is 6.40. The molecule has 0 amide bonds. The van der Waals surface area contributed by atoms with Crippen molar-refractivity contribution in [3.63, 3.8) is 0 Å². The number of hydrogen-bond acceptors (Lipinski definition) is 4. The lowest BCUT2D eigenvalue weighted by atomic mass is 10.00. The van der Waals surface area contributed by atoms with Crippen molar-refractivity contribution in [3.05, 3.63) is 16.1 Å². The molecular weight excluding hydrogens is 256 g/mol. The van der Waals surface area contributed by atoms with Crippen LogP contribution >= 0.6 is 11.3 Å². The summed E-state index contributed by atoms with van der Waals surface area (Å²) >= 11 is 1.78. The Morgan fingerprint density at radius 1 is 1.53 bits per heavy atom. The Kier molecular flexibility index (Phi) is 6.28. The Morgan fingerprint density at radius 3 is 3.05 bits per heavy atom. The first-order valence-corrected chi connectivity index (χ1v) is 8.42. The van der Waals surface area contributed by atoms with Crippen molar-refractivity contribution in [3.8, 4) is 0 Å². The van der Waals surface area contributed by atoms with E-state index in [-0.39, 0.29) is 0 Å². The van der Waals surface area contributed by atoms with E-state index in [0.717, 1.165) is 31.7 Å². The van der Waals surface area contributed by atoms with E-state index < -0.39 is 0 Å². The summed E-state index contributed by atoms with van der Waals surface area (Å²) < 4.78 is 5.87. The van der Waals surface area contributed by atoms with Crippen LogP contribution in [0.15, 0.2) is 5.38 Å². The zero-order chi connectivity index (χ0) is 13.5. The standard InChI is InChI=1S/C15H26N2OS/c1-3-7-16-13(9-14-6-4-5-8-18-14)10-15-17-12(2)11-19-15/h11,13-14,16H,3-10H2,1-2H3. The lowest BCUT2D eigenvalue weighted by molar-refractivity contribution is 0.00526. The molecular formula is C15H26N2OS. The Bertz CT molecular complexity index is 361. The summed E-state index contributed by atoms with van der Waals surface area (Å²) in [4.78, 5) is 4.59. The Hall–Kier alpha value is -0.450. The number of ether oxygens (including phenoxy) is 1. The molecule has 108 valence electrons. The van der Waals surface area contributed by atoms with Crippen molar-refractivity contribution in [1.82, 2.24) is 10.3 Å². The van der Waals surface area contributed by atoms with Gasteiger partial charge in [-0.3, -0.25) is 0 Å². The quantitative estimate of drug-likeness (QED) is 0.833. The summed E-state index contributed by atoms with van der Waals surface area (Å²) in [6.07, 6.45) is 7.57. The molecule has 1 fully saturated rings. The maximum absolute atomic E-state index is 5.87. The molecule has 4 heteroatoms. The molecule has 1 aromatic heterocycles. The molecule has 0 aliphatic carbocycles. The minimum absolute atomic E-state index is 0.448. The van der Waals surface area contributed by atoms with Crippen LogP contribution in [0.25, 0.3) is 0 Å². The van der Waals surface area contributed by atoms with Crippen LogP contribution in [0.5, 0.6) is 0 Å². The van der Waals surface area contributed by atoms with Gasteiger partial charge in [-0.05, 0) is 45.6 Å². The second-order valence-electron chi connectivity index (χ2n) is 5.46. The molecule has 1 aliphatic heterocycles. The van der Waals surface area contributed by atoms with E-state index in [9.17, 15) is 0 Å². The van der Waals surface area contributed by atoms with Gasteiger partial charge in [-0.25, -0.2) is 4.98 Å². The fourth-order valence-corrected chi connectivity index (χ4v) is 3.46. The van der Waals surface area contributed by atoms with Crippen molar-refractivity contribution in [2.75, 3.05) is 13.2 Å². The Labute approximate surface area is 120 Å². The first-order chi connectivity index (χ1) is 9.28. The lowest BCUT2D eigenvalue weighted by Gasteiger charge is -2.27. The molecule has 1 N–H and O–H groups in total.